The van der Waals surface area contributed by atoms with Crippen LogP contribution in [-0.4, -0.2) is 66.2 Å². The molecule has 198 valence electrons. The van der Waals surface area contributed by atoms with Gasteiger partial charge in [0.05, 0.1) is 29.9 Å². The Morgan fingerprint density at radius 3 is 2.73 bits per heavy atom. The van der Waals surface area contributed by atoms with Crippen molar-refractivity contribution in [3.63, 3.8) is 0 Å². The molecule has 1 fully saturated rings. The Balaban J connectivity index is 1.54. The molecule has 0 saturated carbocycles. The van der Waals surface area contributed by atoms with Crippen molar-refractivity contribution in [2.24, 2.45) is 0 Å². The monoisotopic (exact) mass is 552 g/mol. The number of ether oxygens (including phenoxy) is 1. The molecule has 1 aliphatic heterocycles. The fraction of sp³-hybridized carbons (Fsp3) is 0.391. The fourth-order valence-electron chi connectivity index (χ4n) is 3.89. The van der Waals surface area contributed by atoms with Gasteiger partial charge in [-0.3, -0.25) is 14.5 Å². The second kappa shape index (κ2) is 11.9. The Hall–Kier alpha value is -3.23. The molecule has 1 aliphatic rings. The highest BCUT2D eigenvalue weighted by atomic mass is 32.2. The molecule has 4 rings (SSSR count). The van der Waals surface area contributed by atoms with Crippen molar-refractivity contribution in [2.75, 3.05) is 31.0 Å². The number of nitrogens with zero attached hydrogens (tertiary/aromatic N) is 4. The average molecular weight is 553 g/mol. The van der Waals surface area contributed by atoms with Gasteiger partial charge in [0.15, 0.2) is 5.01 Å². The van der Waals surface area contributed by atoms with Gasteiger partial charge in [-0.2, -0.15) is 8.78 Å². The maximum absolute atomic E-state index is 13.2. The van der Waals surface area contributed by atoms with E-state index in [9.17, 15) is 22.0 Å². The molecule has 0 bridgehead atoms. The number of hydrogen-bond donors (Lipinski definition) is 2. The van der Waals surface area contributed by atoms with Crippen LogP contribution in [0.25, 0.3) is 10.6 Å². The number of hydrogen-bond acceptors (Lipinski definition) is 9. The molecule has 37 heavy (non-hydrogen) atoms. The molecule has 2 aromatic heterocycles. The third-order valence-corrected chi connectivity index (χ3v) is 7.59. The Bertz CT molecular complexity index is 1330. The van der Waals surface area contributed by atoms with E-state index < -0.39 is 27.7 Å². The van der Waals surface area contributed by atoms with Crippen molar-refractivity contribution in [2.45, 2.75) is 31.6 Å². The summed E-state index contributed by atoms with van der Waals surface area (Å²) in [6.45, 7) is 4.47. The SMILES string of the molecule is CCOc1cncc(-c2cnc(C(=O)N[C@@H](CN3CCCC3)c3cccc(NS(=O)(=O)C(F)F)c3)s2)n1. The lowest BCUT2D eigenvalue weighted by molar-refractivity contribution is 0.0926. The van der Waals surface area contributed by atoms with E-state index in [0.29, 0.717) is 35.2 Å². The van der Waals surface area contributed by atoms with Crippen molar-refractivity contribution in [3.8, 4) is 16.5 Å². The molecule has 3 heterocycles. The first kappa shape index (κ1) is 26.8. The predicted molar refractivity (Wildman–Crippen MR) is 135 cm³/mol. The van der Waals surface area contributed by atoms with Gasteiger partial charge in [0.25, 0.3) is 15.9 Å². The maximum atomic E-state index is 13.2. The van der Waals surface area contributed by atoms with Crippen LogP contribution in [0.4, 0.5) is 14.5 Å². The lowest BCUT2D eigenvalue weighted by Crippen LogP contribution is -2.37. The number of likely N-dealkylation sites (tertiary alicyclic amines) is 1. The summed E-state index contributed by atoms with van der Waals surface area (Å²) in [7, 11) is -4.82. The van der Waals surface area contributed by atoms with Crippen LogP contribution in [0.3, 0.4) is 0 Å². The van der Waals surface area contributed by atoms with Crippen LogP contribution in [0.2, 0.25) is 0 Å². The molecule has 2 N–H and O–H groups in total. The number of thiazole rings is 1. The number of rotatable bonds is 11. The number of nitrogens with one attached hydrogen (secondary N) is 2. The topological polar surface area (TPSA) is 126 Å². The number of benzene rings is 1. The summed E-state index contributed by atoms with van der Waals surface area (Å²) in [6.07, 6.45) is 6.66. The van der Waals surface area contributed by atoms with E-state index in [0.717, 1.165) is 37.3 Å². The van der Waals surface area contributed by atoms with Gasteiger partial charge in [-0.1, -0.05) is 12.1 Å². The van der Waals surface area contributed by atoms with Crippen molar-refractivity contribution >= 4 is 33.0 Å². The number of amides is 1. The van der Waals surface area contributed by atoms with Crippen molar-refractivity contribution in [1.29, 1.82) is 0 Å². The number of halogens is 2. The summed E-state index contributed by atoms with van der Waals surface area (Å²) in [4.78, 5) is 28.7. The molecule has 3 aromatic rings. The maximum Gasteiger partial charge on any atom is 0.355 e. The van der Waals surface area contributed by atoms with Crippen molar-refractivity contribution in [1.82, 2.24) is 25.2 Å². The highest BCUT2D eigenvalue weighted by Crippen LogP contribution is 2.27. The minimum absolute atomic E-state index is 0.0113. The van der Waals surface area contributed by atoms with Gasteiger partial charge in [-0.15, -0.1) is 11.3 Å². The second-order valence-corrected chi connectivity index (χ2v) is 11.0. The zero-order valence-corrected chi connectivity index (χ0v) is 21.6. The predicted octanol–water partition coefficient (Wildman–Crippen LogP) is 3.53. The minimum Gasteiger partial charge on any atom is -0.477 e. The third-order valence-electron chi connectivity index (χ3n) is 5.59. The number of sulfonamides is 1. The molecule has 0 radical (unpaired) electrons. The van der Waals surface area contributed by atoms with Crippen LogP contribution in [0, 0.1) is 0 Å². The number of carbonyl (C=O) groups is 1. The van der Waals surface area contributed by atoms with E-state index in [1.165, 1.54) is 24.5 Å². The van der Waals surface area contributed by atoms with Crippen LogP contribution >= 0.6 is 11.3 Å². The lowest BCUT2D eigenvalue weighted by Gasteiger charge is -2.25. The number of carbonyl (C=O) groups excluding carboxylic acids is 1. The van der Waals surface area contributed by atoms with Gasteiger partial charge in [0, 0.05) is 18.4 Å². The van der Waals surface area contributed by atoms with E-state index in [2.05, 4.69) is 25.2 Å². The number of alkyl halides is 2. The summed E-state index contributed by atoms with van der Waals surface area (Å²) in [5.74, 6) is -3.62. The molecular weight excluding hydrogens is 526 g/mol. The Morgan fingerprint density at radius 2 is 2.00 bits per heavy atom. The van der Waals surface area contributed by atoms with E-state index in [4.69, 9.17) is 4.74 Å². The molecule has 0 unspecified atom stereocenters. The Morgan fingerprint density at radius 1 is 1.22 bits per heavy atom. The standard InChI is InChI=1S/C23H26F2N6O4S2/c1-2-35-20-13-26-11-17(28-20)19-12-27-22(36-19)21(32)29-18(14-31-8-3-4-9-31)15-6-5-7-16(10-15)30-37(33,34)23(24)25/h5-7,10-13,18,23,30H,2-4,8-9,14H2,1H3,(H,29,32)/t18-/m0/s1. The first-order chi connectivity index (χ1) is 17.7. The first-order valence-electron chi connectivity index (χ1n) is 11.6. The molecule has 1 saturated heterocycles. The van der Waals surface area contributed by atoms with E-state index >= 15 is 0 Å². The molecule has 1 atom stereocenters. The van der Waals surface area contributed by atoms with Gasteiger partial charge in [0.2, 0.25) is 5.88 Å². The van der Waals surface area contributed by atoms with E-state index in [-0.39, 0.29) is 10.7 Å². The summed E-state index contributed by atoms with van der Waals surface area (Å²) in [6, 6.07) is 5.55. The number of anilines is 1. The van der Waals surface area contributed by atoms with Crippen LogP contribution < -0.4 is 14.8 Å². The normalized spacial score (nSPS) is 15.0. The highest BCUT2D eigenvalue weighted by molar-refractivity contribution is 7.93. The Kier molecular flexibility index (Phi) is 8.61. The van der Waals surface area contributed by atoms with Gasteiger partial charge in [-0.05, 0) is 50.6 Å². The molecule has 10 nitrogen and oxygen atoms in total. The minimum atomic E-state index is -4.82. The first-order valence-corrected chi connectivity index (χ1v) is 14.0. The zero-order valence-electron chi connectivity index (χ0n) is 19.9. The Labute approximate surface area is 217 Å². The summed E-state index contributed by atoms with van der Waals surface area (Å²) in [5.41, 5.74) is 1.08. The second-order valence-electron chi connectivity index (χ2n) is 8.27. The lowest BCUT2D eigenvalue weighted by atomic mass is 10.1. The van der Waals surface area contributed by atoms with Crippen molar-refractivity contribution in [3.05, 3.63) is 53.4 Å². The van der Waals surface area contributed by atoms with Crippen molar-refractivity contribution < 1.29 is 26.7 Å². The van der Waals surface area contributed by atoms with E-state index in [1.807, 2.05) is 11.6 Å². The molecule has 1 aromatic carbocycles. The largest absolute Gasteiger partial charge is 0.477 e. The highest BCUT2D eigenvalue weighted by Gasteiger charge is 2.26. The van der Waals surface area contributed by atoms with Crippen LogP contribution in [0.1, 0.15) is 41.2 Å². The summed E-state index contributed by atoms with van der Waals surface area (Å²) < 4.78 is 56.2. The molecule has 0 spiro atoms. The summed E-state index contributed by atoms with van der Waals surface area (Å²) in [5, 5.41) is 3.17. The van der Waals surface area contributed by atoms with Gasteiger partial charge >= 0.3 is 5.76 Å². The van der Waals surface area contributed by atoms with Crippen LogP contribution in [-0.2, 0) is 10.0 Å². The summed E-state index contributed by atoms with van der Waals surface area (Å²) >= 11 is 1.15. The molecule has 0 aliphatic carbocycles. The smallest absolute Gasteiger partial charge is 0.355 e. The molecule has 1 amide bonds. The quantitative estimate of drug-likeness (QED) is 0.370. The average Bonchev–Trinajstić information content (AvgIpc) is 3.56. The van der Waals surface area contributed by atoms with Gasteiger partial charge in [-0.25, -0.2) is 18.4 Å². The number of aromatic nitrogens is 3. The van der Waals surface area contributed by atoms with Crippen LogP contribution in [0.5, 0.6) is 5.88 Å². The third kappa shape index (κ3) is 6.96. The van der Waals surface area contributed by atoms with E-state index in [1.54, 1.807) is 18.3 Å². The molecule has 14 heteroatoms. The zero-order chi connectivity index (χ0) is 26.4. The van der Waals surface area contributed by atoms with Gasteiger partial charge in [0.1, 0.15) is 5.69 Å². The molecular formula is C23H26F2N6O4S2. The fourth-order valence-corrected chi connectivity index (χ4v) is 5.21. The van der Waals surface area contributed by atoms with Gasteiger partial charge < -0.3 is 15.0 Å². The van der Waals surface area contributed by atoms with Crippen LogP contribution in [0.15, 0.2) is 42.9 Å².